The van der Waals surface area contributed by atoms with E-state index in [2.05, 4.69) is 20.2 Å². The van der Waals surface area contributed by atoms with Crippen molar-refractivity contribution >= 4 is 5.69 Å². The minimum absolute atomic E-state index is 0.0117. The van der Waals surface area contributed by atoms with Crippen molar-refractivity contribution < 1.29 is 35.8 Å². The Bertz CT molecular complexity index is 840. The van der Waals surface area contributed by atoms with Crippen molar-refractivity contribution in [1.29, 1.82) is 5.53 Å². The Morgan fingerprint density at radius 3 is 2.57 bits per heavy atom. The molecule has 0 aliphatic rings. The highest BCUT2D eigenvalue weighted by Crippen LogP contribution is 2.29. The van der Waals surface area contributed by atoms with E-state index in [4.69, 9.17) is 10.3 Å². The molecule has 12 heteroatoms. The van der Waals surface area contributed by atoms with Crippen molar-refractivity contribution in [3.05, 3.63) is 59.8 Å². The van der Waals surface area contributed by atoms with E-state index in [1.807, 2.05) is 0 Å². The molecule has 0 bridgehead atoms. The monoisotopic (exact) mass is 406 g/mol. The Hall–Kier alpha value is -3.31. The Morgan fingerprint density at radius 2 is 2.00 bits per heavy atom. The van der Waals surface area contributed by atoms with Gasteiger partial charge in [-0.25, -0.2) is 14.9 Å². The maximum absolute atomic E-state index is 13.4. The van der Waals surface area contributed by atoms with E-state index in [0.29, 0.717) is 6.20 Å². The normalized spacial score (nSPS) is 12.0. The third-order valence-electron chi connectivity index (χ3n) is 3.13. The van der Waals surface area contributed by atoms with Crippen LogP contribution >= 0.6 is 0 Å². The number of nitrogens with zero attached hydrogens (tertiary/aromatic N) is 2. The lowest BCUT2D eigenvalue weighted by molar-refractivity contribution is -0.137. The lowest BCUT2D eigenvalue weighted by atomic mass is 10.3. The van der Waals surface area contributed by atoms with Crippen molar-refractivity contribution in [1.82, 2.24) is 4.98 Å². The number of hydrogen-bond donors (Lipinski definition) is 2. The maximum atomic E-state index is 13.4. The topological polar surface area (TPSA) is 79.6 Å². The molecule has 0 radical (unpaired) electrons. The standard InChI is InChI=1S/C16H12F6N4O2/c17-12-3-2-10(5-13(12)28-15(18)19)24-7-11(26-23)8-27-14-4-1-9(6-25-14)16(20,21)22/h1-7,15,23-24H,8H2/b11-7-,26-23?. The number of ether oxygens (including phenoxy) is 2. The lowest BCUT2D eigenvalue weighted by Gasteiger charge is -2.09. The fraction of sp³-hybridized carbons (Fsp3) is 0.188. The summed E-state index contributed by atoms with van der Waals surface area (Å²) in [5.41, 5.74) is 6.26. The molecule has 0 saturated heterocycles. The first-order chi connectivity index (χ1) is 13.2. The van der Waals surface area contributed by atoms with Crippen molar-refractivity contribution in [2.75, 3.05) is 11.9 Å². The van der Waals surface area contributed by atoms with Gasteiger partial charge in [0.05, 0.1) is 5.56 Å². The van der Waals surface area contributed by atoms with Crippen molar-refractivity contribution in [3.8, 4) is 11.6 Å². The minimum atomic E-state index is -4.53. The molecule has 1 aromatic carbocycles. The summed E-state index contributed by atoms with van der Waals surface area (Å²) in [6, 6.07) is 4.88. The van der Waals surface area contributed by atoms with Crippen LogP contribution in [0.3, 0.4) is 0 Å². The highest BCUT2D eigenvalue weighted by molar-refractivity contribution is 5.51. The number of benzene rings is 1. The second kappa shape index (κ2) is 9.06. The smallest absolute Gasteiger partial charge is 0.417 e. The highest BCUT2D eigenvalue weighted by atomic mass is 19.4. The molecule has 1 heterocycles. The van der Waals surface area contributed by atoms with Gasteiger partial charge in [0, 0.05) is 30.2 Å². The Morgan fingerprint density at radius 1 is 1.25 bits per heavy atom. The number of pyridine rings is 1. The number of alkyl halides is 5. The third-order valence-corrected chi connectivity index (χ3v) is 3.13. The molecule has 6 nitrogen and oxygen atoms in total. The molecule has 150 valence electrons. The molecule has 2 rings (SSSR count). The Labute approximate surface area is 154 Å². The van der Waals surface area contributed by atoms with Gasteiger partial charge in [-0.15, -0.1) is 0 Å². The summed E-state index contributed by atoms with van der Waals surface area (Å²) in [6.07, 6.45) is -2.77. The average Bonchev–Trinajstić information content (AvgIpc) is 2.63. The number of anilines is 1. The number of hydrogen-bond acceptors (Lipinski definition) is 6. The first kappa shape index (κ1) is 21.0. The molecule has 0 atom stereocenters. The Balaban J connectivity index is 2.00. The number of halogens is 6. The van der Waals surface area contributed by atoms with Gasteiger partial charge in [0.1, 0.15) is 12.3 Å². The predicted molar refractivity (Wildman–Crippen MR) is 84.6 cm³/mol. The van der Waals surface area contributed by atoms with Crippen LogP contribution in [-0.4, -0.2) is 18.2 Å². The van der Waals surface area contributed by atoms with Gasteiger partial charge in [-0.1, -0.05) is 0 Å². The zero-order valence-corrected chi connectivity index (χ0v) is 13.8. The number of nitrogens with one attached hydrogen (secondary N) is 2. The largest absolute Gasteiger partial charge is 0.471 e. The third kappa shape index (κ3) is 6.14. The van der Waals surface area contributed by atoms with Gasteiger partial charge in [0.15, 0.2) is 11.6 Å². The van der Waals surface area contributed by atoms with E-state index in [1.54, 1.807) is 0 Å². The summed E-state index contributed by atoms with van der Waals surface area (Å²) < 4.78 is 84.3. The minimum Gasteiger partial charge on any atom is -0.471 e. The SMILES string of the molecule is N=N/C(=C\Nc1ccc(F)c(OC(F)F)c1)COc1ccc(C(F)(F)F)cn1. The van der Waals surface area contributed by atoms with Gasteiger partial charge < -0.3 is 14.8 Å². The van der Waals surface area contributed by atoms with Crippen molar-refractivity contribution in [2.24, 2.45) is 5.11 Å². The van der Waals surface area contributed by atoms with E-state index in [-0.39, 0.29) is 23.9 Å². The molecule has 0 amide bonds. The Kier molecular flexibility index (Phi) is 6.79. The van der Waals surface area contributed by atoms with Crippen LogP contribution in [0.4, 0.5) is 32.0 Å². The van der Waals surface area contributed by atoms with Gasteiger partial charge in [-0.3, -0.25) is 0 Å². The molecule has 1 aromatic heterocycles. The molecule has 0 aliphatic carbocycles. The van der Waals surface area contributed by atoms with Crippen LogP contribution in [0.25, 0.3) is 0 Å². The second-order valence-corrected chi connectivity index (χ2v) is 5.09. The molecule has 0 spiro atoms. The molecular formula is C16H12F6N4O2. The summed E-state index contributed by atoms with van der Waals surface area (Å²) in [7, 11) is 0. The van der Waals surface area contributed by atoms with E-state index in [1.165, 1.54) is 6.07 Å². The average molecular weight is 406 g/mol. The van der Waals surface area contributed by atoms with Crippen molar-refractivity contribution in [3.63, 3.8) is 0 Å². The van der Waals surface area contributed by atoms with Gasteiger partial charge in [-0.05, 0) is 18.2 Å². The molecular weight excluding hydrogens is 394 g/mol. The van der Waals surface area contributed by atoms with Crippen LogP contribution in [-0.2, 0) is 6.18 Å². The van der Waals surface area contributed by atoms with Gasteiger partial charge in [0.25, 0.3) is 0 Å². The van der Waals surface area contributed by atoms with E-state index >= 15 is 0 Å². The highest BCUT2D eigenvalue weighted by Gasteiger charge is 2.30. The van der Waals surface area contributed by atoms with Crippen LogP contribution in [0.15, 0.2) is 53.5 Å². The maximum Gasteiger partial charge on any atom is 0.417 e. The summed E-state index contributed by atoms with van der Waals surface area (Å²) in [5.74, 6) is -1.79. The van der Waals surface area contributed by atoms with E-state index in [9.17, 15) is 26.3 Å². The predicted octanol–water partition coefficient (Wildman–Crippen LogP) is 5.20. The first-order valence-corrected chi connectivity index (χ1v) is 7.42. The molecule has 28 heavy (non-hydrogen) atoms. The summed E-state index contributed by atoms with van der Waals surface area (Å²) in [6.45, 7) is -3.53. The lowest BCUT2D eigenvalue weighted by Crippen LogP contribution is -2.07. The van der Waals surface area contributed by atoms with E-state index < -0.39 is 29.9 Å². The molecule has 2 N–H and O–H groups in total. The van der Waals surface area contributed by atoms with Crippen molar-refractivity contribution in [2.45, 2.75) is 12.8 Å². The van der Waals surface area contributed by atoms with Crippen LogP contribution in [0.1, 0.15) is 5.56 Å². The first-order valence-electron chi connectivity index (χ1n) is 7.42. The zero-order valence-electron chi connectivity index (χ0n) is 13.8. The zero-order chi connectivity index (χ0) is 20.7. The van der Waals surface area contributed by atoms with Crippen LogP contribution < -0.4 is 14.8 Å². The molecule has 0 saturated carbocycles. The summed E-state index contributed by atoms with van der Waals surface area (Å²) >= 11 is 0. The van der Waals surface area contributed by atoms with Crippen LogP contribution in [0.5, 0.6) is 11.6 Å². The fourth-order valence-electron chi connectivity index (χ4n) is 1.83. The van der Waals surface area contributed by atoms with E-state index in [0.717, 1.165) is 30.5 Å². The van der Waals surface area contributed by atoms with Crippen LogP contribution in [0, 0.1) is 11.3 Å². The molecule has 0 unspecified atom stereocenters. The number of rotatable bonds is 8. The summed E-state index contributed by atoms with van der Waals surface area (Å²) in [4.78, 5) is 3.50. The van der Waals surface area contributed by atoms with Gasteiger partial charge in [-0.2, -0.15) is 27.1 Å². The van der Waals surface area contributed by atoms with Crippen LogP contribution in [0.2, 0.25) is 0 Å². The summed E-state index contributed by atoms with van der Waals surface area (Å²) in [5, 5.41) is 5.74. The molecule has 0 fully saturated rings. The second-order valence-electron chi connectivity index (χ2n) is 5.09. The quantitative estimate of drug-likeness (QED) is 0.466. The fourth-order valence-corrected chi connectivity index (χ4v) is 1.83. The molecule has 0 aliphatic heterocycles. The number of aromatic nitrogens is 1. The molecule has 2 aromatic rings. The van der Waals surface area contributed by atoms with Gasteiger partial charge in [0.2, 0.25) is 5.88 Å². The van der Waals surface area contributed by atoms with Gasteiger partial charge >= 0.3 is 12.8 Å².